The average molecular weight is 247 g/mol. The minimum atomic E-state index is -0.195. The summed E-state index contributed by atoms with van der Waals surface area (Å²) in [4.78, 5) is 16.1. The van der Waals surface area contributed by atoms with Gasteiger partial charge < -0.3 is 10.6 Å². The van der Waals surface area contributed by atoms with Gasteiger partial charge in [-0.3, -0.25) is 9.69 Å². The zero-order valence-corrected chi connectivity index (χ0v) is 11.0. The van der Waals surface area contributed by atoms with E-state index in [0.717, 1.165) is 13.1 Å². The van der Waals surface area contributed by atoms with Crippen molar-refractivity contribution in [3.8, 4) is 0 Å². The molecule has 1 saturated heterocycles. The van der Waals surface area contributed by atoms with Crippen molar-refractivity contribution >= 4 is 5.91 Å². The van der Waals surface area contributed by atoms with Gasteiger partial charge in [-0.25, -0.2) is 0 Å². The lowest BCUT2D eigenvalue weighted by molar-refractivity contribution is -0.142. The van der Waals surface area contributed by atoms with E-state index >= 15 is 0 Å². The maximum absolute atomic E-state index is 12.1. The molecule has 1 aromatic carbocycles. The summed E-state index contributed by atoms with van der Waals surface area (Å²) in [5.74, 6) is 0.131. The van der Waals surface area contributed by atoms with Crippen LogP contribution in [0.15, 0.2) is 30.3 Å². The molecule has 1 fully saturated rings. The maximum atomic E-state index is 12.1. The summed E-state index contributed by atoms with van der Waals surface area (Å²) in [5, 5.41) is 0. The van der Waals surface area contributed by atoms with Crippen molar-refractivity contribution < 1.29 is 4.79 Å². The number of nitrogens with two attached hydrogens (primary N) is 1. The number of carbonyl (C=O) groups is 1. The van der Waals surface area contributed by atoms with E-state index in [-0.39, 0.29) is 11.9 Å². The van der Waals surface area contributed by atoms with Gasteiger partial charge in [-0.15, -0.1) is 0 Å². The first-order chi connectivity index (χ1) is 8.63. The van der Waals surface area contributed by atoms with Gasteiger partial charge in [-0.05, 0) is 12.5 Å². The van der Waals surface area contributed by atoms with Crippen molar-refractivity contribution in [3.63, 3.8) is 0 Å². The Morgan fingerprint density at radius 2 is 2.00 bits per heavy atom. The third-order valence-corrected chi connectivity index (χ3v) is 3.60. The van der Waals surface area contributed by atoms with Crippen LogP contribution in [0.4, 0.5) is 0 Å². The van der Waals surface area contributed by atoms with Gasteiger partial charge in [0.2, 0.25) is 5.91 Å². The first-order valence-electron chi connectivity index (χ1n) is 6.38. The van der Waals surface area contributed by atoms with Crippen LogP contribution >= 0.6 is 0 Å². The second-order valence-electron chi connectivity index (χ2n) is 4.98. The number of amides is 1. The predicted molar refractivity (Wildman–Crippen MR) is 71.9 cm³/mol. The van der Waals surface area contributed by atoms with Crippen LogP contribution in [0.5, 0.6) is 0 Å². The topological polar surface area (TPSA) is 49.6 Å². The van der Waals surface area contributed by atoms with Crippen LogP contribution in [0, 0.1) is 0 Å². The van der Waals surface area contributed by atoms with Gasteiger partial charge in [0.1, 0.15) is 6.04 Å². The number of nitrogens with zero attached hydrogens (tertiary/aromatic N) is 2. The monoisotopic (exact) mass is 247 g/mol. The van der Waals surface area contributed by atoms with Crippen LogP contribution in [0.25, 0.3) is 0 Å². The van der Waals surface area contributed by atoms with E-state index in [0.29, 0.717) is 12.6 Å². The molecule has 1 aliphatic heterocycles. The lowest BCUT2D eigenvalue weighted by atomic mass is 10.0. The third-order valence-electron chi connectivity index (χ3n) is 3.60. The van der Waals surface area contributed by atoms with E-state index in [2.05, 4.69) is 24.0 Å². The molecule has 4 nitrogen and oxygen atoms in total. The van der Waals surface area contributed by atoms with Crippen molar-refractivity contribution in [3.05, 3.63) is 35.9 Å². The number of hydrogen-bond acceptors (Lipinski definition) is 3. The molecule has 0 aromatic heterocycles. The van der Waals surface area contributed by atoms with E-state index in [9.17, 15) is 4.79 Å². The Labute approximate surface area is 108 Å². The molecule has 0 bridgehead atoms. The van der Waals surface area contributed by atoms with Crippen molar-refractivity contribution in [2.24, 2.45) is 5.73 Å². The summed E-state index contributed by atoms with van der Waals surface area (Å²) in [6.07, 6.45) is 0. The van der Waals surface area contributed by atoms with Crippen LogP contribution in [-0.4, -0.2) is 47.9 Å². The lowest BCUT2D eigenvalue weighted by Crippen LogP contribution is -2.61. The Morgan fingerprint density at radius 1 is 1.33 bits per heavy atom. The Hall–Kier alpha value is -1.39. The molecule has 0 aliphatic carbocycles. The highest BCUT2D eigenvalue weighted by Crippen LogP contribution is 2.18. The molecule has 2 rings (SSSR count). The minimum Gasteiger partial charge on any atom is -0.343 e. The molecule has 0 spiro atoms. The molecular formula is C14H21N3O. The highest BCUT2D eigenvalue weighted by atomic mass is 16.2. The summed E-state index contributed by atoms with van der Waals surface area (Å²) >= 11 is 0. The molecule has 1 amide bonds. The fourth-order valence-electron chi connectivity index (χ4n) is 2.59. The van der Waals surface area contributed by atoms with Gasteiger partial charge in [0.25, 0.3) is 0 Å². The largest absolute Gasteiger partial charge is 0.343 e. The Balaban J connectivity index is 2.16. The molecule has 4 heteroatoms. The average Bonchev–Trinajstić information content (AvgIpc) is 2.37. The Bertz CT molecular complexity index is 407. The molecule has 98 valence electrons. The van der Waals surface area contributed by atoms with Gasteiger partial charge in [0, 0.05) is 32.7 Å². The fourth-order valence-corrected chi connectivity index (χ4v) is 2.59. The van der Waals surface area contributed by atoms with Gasteiger partial charge in [-0.2, -0.15) is 0 Å². The highest BCUT2D eigenvalue weighted by Gasteiger charge is 2.36. The van der Waals surface area contributed by atoms with Gasteiger partial charge >= 0.3 is 0 Å². The molecule has 2 unspecified atom stereocenters. The first-order valence-corrected chi connectivity index (χ1v) is 6.38. The van der Waals surface area contributed by atoms with E-state index in [1.165, 1.54) is 5.56 Å². The molecule has 2 N–H and O–H groups in total. The highest BCUT2D eigenvalue weighted by molar-refractivity contribution is 5.82. The molecule has 18 heavy (non-hydrogen) atoms. The second kappa shape index (κ2) is 5.50. The standard InChI is InChI=1S/C14H21N3O/c1-11-9-16(2)14(18)13(8-15)17(11)10-12-6-4-3-5-7-12/h3-7,11,13H,8-10,15H2,1-2H3. The van der Waals surface area contributed by atoms with Gasteiger partial charge in [0.05, 0.1) is 0 Å². The van der Waals surface area contributed by atoms with Crippen molar-refractivity contribution in [1.82, 2.24) is 9.80 Å². The predicted octanol–water partition coefficient (Wildman–Crippen LogP) is 0.676. The summed E-state index contributed by atoms with van der Waals surface area (Å²) < 4.78 is 0. The molecule has 1 heterocycles. The number of rotatable bonds is 3. The summed E-state index contributed by atoms with van der Waals surface area (Å²) in [7, 11) is 1.85. The van der Waals surface area contributed by atoms with E-state index in [1.807, 2.05) is 25.2 Å². The maximum Gasteiger partial charge on any atom is 0.241 e. The molecule has 0 saturated carbocycles. The van der Waals surface area contributed by atoms with Crippen molar-refractivity contribution in [2.75, 3.05) is 20.1 Å². The summed E-state index contributed by atoms with van der Waals surface area (Å²) in [6, 6.07) is 10.4. The van der Waals surface area contributed by atoms with Crippen LogP contribution in [-0.2, 0) is 11.3 Å². The van der Waals surface area contributed by atoms with Gasteiger partial charge in [-0.1, -0.05) is 30.3 Å². The summed E-state index contributed by atoms with van der Waals surface area (Å²) in [5.41, 5.74) is 7.00. The second-order valence-corrected chi connectivity index (χ2v) is 4.98. The molecule has 2 atom stereocenters. The molecular weight excluding hydrogens is 226 g/mol. The summed E-state index contributed by atoms with van der Waals surface area (Å²) in [6.45, 7) is 4.07. The normalized spacial score (nSPS) is 25.5. The van der Waals surface area contributed by atoms with Crippen LogP contribution in [0.2, 0.25) is 0 Å². The zero-order valence-electron chi connectivity index (χ0n) is 11.0. The SMILES string of the molecule is CC1CN(C)C(=O)C(CN)N1Cc1ccccc1. The Morgan fingerprint density at radius 3 is 2.61 bits per heavy atom. The quantitative estimate of drug-likeness (QED) is 0.854. The van der Waals surface area contributed by atoms with E-state index in [4.69, 9.17) is 5.73 Å². The number of hydrogen-bond donors (Lipinski definition) is 1. The number of likely N-dealkylation sites (N-methyl/N-ethyl adjacent to an activating group) is 1. The van der Waals surface area contributed by atoms with Crippen molar-refractivity contribution in [2.45, 2.75) is 25.6 Å². The van der Waals surface area contributed by atoms with Gasteiger partial charge in [0.15, 0.2) is 0 Å². The fraction of sp³-hybridized carbons (Fsp3) is 0.500. The van der Waals surface area contributed by atoms with Crippen molar-refractivity contribution in [1.29, 1.82) is 0 Å². The van der Waals surface area contributed by atoms with Crippen LogP contribution in [0.1, 0.15) is 12.5 Å². The first kappa shape index (κ1) is 13.1. The van der Waals surface area contributed by atoms with Crippen LogP contribution < -0.4 is 5.73 Å². The Kier molecular flexibility index (Phi) is 3.99. The van der Waals surface area contributed by atoms with Crippen LogP contribution in [0.3, 0.4) is 0 Å². The molecule has 1 aliphatic rings. The number of piperazine rings is 1. The lowest BCUT2D eigenvalue weighted by Gasteiger charge is -2.43. The number of benzene rings is 1. The number of carbonyl (C=O) groups excluding carboxylic acids is 1. The molecule has 1 aromatic rings. The zero-order chi connectivity index (χ0) is 13.1. The third kappa shape index (κ3) is 2.54. The van der Waals surface area contributed by atoms with E-state index in [1.54, 1.807) is 4.90 Å². The molecule has 0 radical (unpaired) electrons. The van der Waals surface area contributed by atoms with E-state index < -0.39 is 0 Å². The minimum absolute atomic E-state index is 0.131. The smallest absolute Gasteiger partial charge is 0.241 e.